The number of hydrogen-bond donors (Lipinski definition) is 2. The van der Waals surface area contributed by atoms with Crippen LogP contribution in [0.3, 0.4) is 0 Å². The number of aryl methyl sites for hydroxylation is 1. The Bertz CT molecular complexity index is 279. The summed E-state index contributed by atoms with van der Waals surface area (Å²) in [6.45, 7) is 6.35. The molecule has 0 aromatic carbocycles. The molecule has 0 bridgehead atoms. The van der Waals surface area contributed by atoms with Crippen LogP contribution in [0, 0.1) is 0 Å². The minimum Gasteiger partial charge on any atom is -0.464 e. The molecule has 2 atom stereocenters. The molecule has 86 valence electrons. The van der Waals surface area contributed by atoms with Gasteiger partial charge in [-0.2, -0.15) is 0 Å². The summed E-state index contributed by atoms with van der Waals surface area (Å²) in [6.07, 6.45) is 1.84. The monoisotopic (exact) mass is 211 g/mol. The zero-order valence-corrected chi connectivity index (χ0v) is 9.79. The van der Waals surface area contributed by atoms with Gasteiger partial charge in [0.15, 0.2) is 0 Å². The molecular weight excluding hydrogens is 190 g/mol. The Morgan fingerprint density at radius 3 is 2.60 bits per heavy atom. The minimum atomic E-state index is 0.148. The van der Waals surface area contributed by atoms with Crippen molar-refractivity contribution >= 4 is 0 Å². The first-order valence-electron chi connectivity index (χ1n) is 5.66. The van der Waals surface area contributed by atoms with Gasteiger partial charge in [0, 0.05) is 12.5 Å². The van der Waals surface area contributed by atoms with Crippen LogP contribution in [0.5, 0.6) is 0 Å². The van der Waals surface area contributed by atoms with E-state index in [0.29, 0.717) is 0 Å². The van der Waals surface area contributed by atoms with Crippen LogP contribution in [0.15, 0.2) is 16.5 Å². The number of nitrogens with one attached hydrogen (secondary N) is 1. The maximum Gasteiger partial charge on any atom is 0.120 e. The number of aliphatic hydroxyl groups excluding tert-OH is 1. The average Bonchev–Trinajstić information content (AvgIpc) is 2.74. The predicted octanol–water partition coefficient (Wildman–Crippen LogP) is 2.26. The van der Waals surface area contributed by atoms with Crippen LogP contribution in [0.2, 0.25) is 0 Å². The molecule has 0 aliphatic rings. The van der Waals surface area contributed by atoms with Crippen LogP contribution in [-0.4, -0.2) is 17.8 Å². The van der Waals surface area contributed by atoms with Gasteiger partial charge in [0.25, 0.3) is 0 Å². The molecule has 1 heterocycles. The van der Waals surface area contributed by atoms with Crippen molar-refractivity contribution in [2.45, 2.75) is 45.7 Å². The van der Waals surface area contributed by atoms with Gasteiger partial charge >= 0.3 is 0 Å². The molecule has 2 unspecified atom stereocenters. The van der Waals surface area contributed by atoms with E-state index in [1.807, 2.05) is 12.1 Å². The highest BCUT2D eigenvalue weighted by Gasteiger charge is 2.13. The Labute approximate surface area is 91.5 Å². The molecule has 2 N–H and O–H groups in total. The van der Waals surface area contributed by atoms with Gasteiger partial charge < -0.3 is 14.8 Å². The lowest BCUT2D eigenvalue weighted by Gasteiger charge is -2.18. The summed E-state index contributed by atoms with van der Waals surface area (Å²) in [5.74, 6) is 1.95. The van der Waals surface area contributed by atoms with E-state index < -0.39 is 0 Å². The molecule has 0 aliphatic carbocycles. The summed E-state index contributed by atoms with van der Waals surface area (Å²) in [4.78, 5) is 0. The van der Waals surface area contributed by atoms with Crippen molar-refractivity contribution in [2.24, 2.45) is 0 Å². The third kappa shape index (κ3) is 3.36. The maximum absolute atomic E-state index is 9.08. The lowest BCUT2D eigenvalue weighted by atomic mass is 10.2. The summed E-state index contributed by atoms with van der Waals surface area (Å²) in [5, 5.41) is 12.4. The van der Waals surface area contributed by atoms with Crippen LogP contribution in [-0.2, 0) is 6.42 Å². The molecule has 0 saturated heterocycles. The van der Waals surface area contributed by atoms with Crippen molar-refractivity contribution < 1.29 is 9.52 Å². The molecule has 1 aromatic rings. The Hall–Kier alpha value is -0.800. The van der Waals surface area contributed by atoms with Gasteiger partial charge in [0.2, 0.25) is 0 Å². The van der Waals surface area contributed by atoms with Gasteiger partial charge in [-0.3, -0.25) is 0 Å². The van der Waals surface area contributed by atoms with Crippen molar-refractivity contribution in [2.75, 3.05) is 6.61 Å². The van der Waals surface area contributed by atoms with Crippen LogP contribution in [0.1, 0.15) is 44.8 Å². The third-order valence-electron chi connectivity index (χ3n) is 2.66. The smallest absolute Gasteiger partial charge is 0.120 e. The van der Waals surface area contributed by atoms with Crippen molar-refractivity contribution in [1.29, 1.82) is 0 Å². The first-order chi connectivity index (χ1) is 7.21. The summed E-state index contributed by atoms with van der Waals surface area (Å²) >= 11 is 0. The summed E-state index contributed by atoms with van der Waals surface area (Å²) in [6, 6.07) is 4.31. The van der Waals surface area contributed by atoms with Gasteiger partial charge in [0.1, 0.15) is 11.5 Å². The second-order valence-electron chi connectivity index (χ2n) is 3.83. The van der Waals surface area contributed by atoms with E-state index in [0.717, 1.165) is 24.4 Å². The Kier molecular flexibility index (Phi) is 4.85. The zero-order chi connectivity index (χ0) is 11.3. The highest BCUT2D eigenvalue weighted by Crippen LogP contribution is 2.17. The zero-order valence-electron chi connectivity index (χ0n) is 9.79. The quantitative estimate of drug-likeness (QED) is 0.758. The van der Waals surface area contributed by atoms with Gasteiger partial charge in [-0.15, -0.1) is 0 Å². The van der Waals surface area contributed by atoms with Crippen LogP contribution in [0.4, 0.5) is 0 Å². The summed E-state index contributed by atoms with van der Waals surface area (Å²) in [5.41, 5.74) is 0. The fourth-order valence-electron chi connectivity index (χ4n) is 1.55. The summed E-state index contributed by atoms with van der Waals surface area (Å²) < 4.78 is 5.64. The second kappa shape index (κ2) is 5.93. The Balaban J connectivity index is 2.55. The second-order valence-corrected chi connectivity index (χ2v) is 3.83. The first kappa shape index (κ1) is 12.3. The minimum absolute atomic E-state index is 0.148. The van der Waals surface area contributed by atoms with Crippen molar-refractivity contribution in [3.8, 4) is 0 Å². The van der Waals surface area contributed by atoms with Crippen LogP contribution in [0.25, 0.3) is 0 Å². The van der Waals surface area contributed by atoms with Gasteiger partial charge in [0.05, 0.1) is 12.6 Å². The van der Waals surface area contributed by atoms with Crippen molar-refractivity contribution in [1.82, 2.24) is 5.32 Å². The molecule has 3 nitrogen and oxygen atoms in total. The van der Waals surface area contributed by atoms with E-state index >= 15 is 0 Å². The number of furan rings is 1. The van der Waals surface area contributed by atoms with E-state index in [4.69, 9.17) is 9.52 Å². The molecule has 0 saturated carbocycles. The predicted molar refractivity (Wildman–Crippen MR) is 60.8 cm³/mol. The fourth-order valence-corrected chi connectivity index (χ4v) is 1.55. The van der Waals surface area contributed by atoms with Crippen LogP contribution < -0.4 is 5.32 Å². The largest absolute Gasteiger partial charge is 0.464 e. The highest BCUT2D eigenvalue weighted by atomic mass is 16.3. The van der Waals surface area contributed by atoms with Gasteiger partial charge in [-0.25, -0.2) is 0 Å². The van der Waals surface area contributed by atoms with E-state index in [2.05, 4.69) is 26.1 Å². The molecule has 0 amide bonds. The lowest BCUT2D eigenvalue weighted by Crippen LogP contribution is -2.33. The molecule has 0 radical (unpaired) electrons. The van der Waals surface area contributed by atoms with Crippen LogP contribution >= 0.6 is 0 Å². The van der Waals surface area contributed by atoms with Crippen molar-refractivity contribution in [3.63, 3.8) is 0 Å². The average molecular weight is 211 g/mol. The fraction of sp³-hybridized carbons (Fsp3) is 0.667. The highest BCUT2D eigenvalue weighted by molar-refractivity contribution is 5.10. The Morgan fingerprint density at radius 1 is 1.40 bits per heavy atom. The van der Waals surface area contributed by atoms with E-state index in [9.17, 15) is 0 Å². The Morgan fingerprint density at radius 2 is 2.13 bits per heavy atom. The molecule has 15 heavy (non-hydrogen) atoms. The molecule has 3 heteroatoms. The number of rotatable bonds is 6. The standard InChI is InChI=1S/C12H21NO2/c1-4-10(8-14)13-9(3)12-7-6-11(5-2)15-12/h6-7,9-10,13-14H,4-5,8H2,1-3H3. The van der Waals surface area contributed by atoms with Gasteiger partial charge in [-0.05, 0) is 25.5 Å². The van der Waals surface area contributed by atoms with Crippen molar-refractivity contribution in [3.05, 3.63) is 23.7 Å². The molecule has 0 fully saturated rings. The molecule has 1 rings (SSSR count). The van der Waals surface area contributed by atoms with E-state index in [1.165, 1.54) is 0 Å². The molecular formula is C12H21NO2. The molecule has 0 spiro atoms. The summed E-state index contributed by atoms with van der Waals surface area (Å²) in [7, 11) is 0. The van der Waals surface area contributed by atoms with E-state index in [1.54, 1.807) is 0 Å². The number of aliphatic hydroxyl groups is 1. The third-order valence-corrected chi connectivity index (χ3v) is 2.66. The SMILES string of the molecule is CCc1ccc(C(C)NC(CC)CO)o1. The normalized spacial score (nSPS) is 15.2. The van der Waals surface area contributed by atoms with E-state index in [-0.39, 0.29) is 18.7 Å². The lowest BCUT2D eigenvalue weighted by molar-refractivity contribution is 0.224. The van der Waals surface area contributed by atoms with Gasteiger partial charge in [-0.1, -0.05) is 13.8 Å². The molecule has 1 aromatic heterocycles. The number of hydrogen-bond acceptors (Lipinski definition) is 3. The maximum atomic E-state index is 9.08. The topological polar surface area (TPSA) is 45.4 Å². The molecule has 0 aliphatic heterocycles. The first-order valence-corrected chi connectivity index (χ1v) is 5.66.